The van der Waals surface area contributed by atoms with Crippen molar-refractivity contribution in [3.8, 4) is 6.07 Å². The Morgan fingerprint density at radius 3 is 2.53 bits per heavy atom. The molecule has 2 aromatic rings. The van der Waals surface area contributed by atoms with Gasteiger partial charge in [-0.2, -0.15) is 5.26 Å². The fraction of sp³-hybridized carbons (Fsp3) is 0.133. The van der Waals surface area contributed by atoms with Crippen LogP contribution in [0, 0.1) is 11.3 Å². The Hall–Kier alpha value is -2.18. The molecular weight excluding hydrogens is 258 g/mol. The van der Waals surface area contributed by atoms with E-state index in [-0.39, 0.29) is 0 Å². The second-order valence-electron chi connectivity index (χ2n) is 4.22. The molecule has 0 unspecified atom stereocenters. The van der Waals surface area contributed by atoms with E-state index in [0.717, 1.165) is 24.3 Å². The van der Waals surface area contributed by atoms with Gasteiger partial charge in [-0.1, -0.05) is 23.7 Å². The normalized spacial score (nSPS) is 9.89. The Balaban J connectivity index is 1.92. The predicted octanol–water partition coefficient (Wildman–Crippen LogP) is 3.45. The molecule has 0 saturated carbocycles. The van der Waals surface area contributed by atoms with Gasteiger partial charge in [0, 0.05) is 12.2 Å². The maximum atomic E-state index is 8.76. The number of nitrogens with two attached hydrogens (primary N) is 1. The smallest absolute Gasteiger partial charge is 0.0992 e. The van der Waals surface area contributed by atoms with Gasteiger partial charge in [0.25, 0.3) is 0 Å². The SMILES string of the molecule is N#Cc1ccc(NCCc2ccc(N)cc2)c(Cl)c1. The summed E-state index contributed by atoms with van der Waals surface area (Å²) >= 11 is 6.08. The summed E-state index contributed by atoms with van der Waals surface area (Å²) in [6, 6.07) is 15.1. The molecular formula is C15H14ClN3. The number of benzene rings is 2. The number of anilines is 2. The van der Waals surface area contributed by atoms with Crippen LogP contribution in [0.1, 0.15) is 11.1 Å². The lowest BCUT2D eigenvalue weighted by molar-refractivity contribution is 1.02. The Kier molecular flexibility index (Phi) is 4.27. The van der Waals surface area contributed by atoms with Crippen LogP contribution in [0.4, 0.5) is 11.4 Å². The van der Waals surface area contributed by atoms with E-state index in [0.29, 0.717) is 10.6 Å². The molecule has 4 heteroatoms. The van der Waals surface area contributed by atoms with Crippen LogP contribution >= 0.6 is 11.6 Å². The number of hydrogen-bond acceptors (Lipinski definition) is 3. The van der Waals surface area contributed by atoms with Crippen molar-refractivity contribution < 1.29 is 0 Å². The van der Waals surface area contributed by atoms with Crippen LogP contribution in [0.25, 0.3) is 0 Å². The highest BCUT2D eigenvalue weighted by Gasteiger charge is 2.01. The third-order valence-corrected chi connectivity index (χ3v) is 3.12. The average Bonchev–Trinajstić information content (AvgIpc) is 2.42. The number of hydrogen-bond donors (Lipinski definition) is 2. The lowest BCUT2D eigenvalue weighted by Gasteiger charge is -2.08. The first-order chi connectivity index (χ1) is 9.19. The van der Waals surface area contributed by atoms with Gasteiger partial charge in [0.1, 0.15) is 0 Å². The molecule has 2 aromatic carbocycles. The van der Waals surface area contributed by atoms with E-state index >= 15 is 0 Å². The number of nitrogens with zero attached hydrogens (tertiary/aromatic N) is 1. The van der Waals surface area contributed by atoms with Crippen LogP contribution in [-0.4, -0.2) is 6.54 Å². The minimum atomic E-state index is 0.564. The van der Waals surface area contributed by atoms with Crippen molar-refractivity contribution in [2.75, 3.05) is 17.6 Å². The Morgan fingerprint density at radius 2 is 1.89 bits per heavy atom. The maximum Gasteiger partial charge on any atom is 0.0992 e. The molecule has 2 rings (SSSR count). The summed E-state index contributed by atoms with van der Waals surface area (Å²) in [4.78, 5) is 0. The van der Waals surface area contributed by atoms with Crippen LogP contribution in [0.2, 0.25) is 5.02 Å². The minimum Gasteiger partial charge on any atom is -0.399 e. The summed E-state index contributed by atoms with van der Waals surface area (Å²) in [5.74, 6) is 0. The van der Waals surface area contributed by atoms with Gasteiger partial charge in [0.05, 0.1) is 22.3 Å². The van der Waals surface area contributed by atoms with Crippen LogP contribution in [0.15, 0.2) is 42.5 Å². The number of rotatable bonds is 4. The Labute approximate surface area is 117 Å². The molecule has 0 aliphatic rings. The summed E-state index contributed by atoms with van der Waals surface area (Å²) in [5.41, 5.74) is 9.03. The number of nitrogen functional groups attached to an aromatic ring is 1. The molecule has 96 valence electrons. The number of nitriles is 1. The van der Waals surface area contributed by atoms with Crippen molar-refractivity contribution in [1.82, 2.24) is 0 Å². The summed E-state index contributed by atoms with van der Waals surface area (Å²) in [6.07, 6.45) is 0.886. The molecule has 0 radical (unpaired) electrons. The lowest BCUT2D eigenvalue weighted by Crippen LogP contribution is -2.05. The molecule has 0 heterocycles. The van der Waals surface area contributed by atoms with E-state index in [1.165, 1.54) is 5.56 Å². The largest absolute Gasteiger partial charge is 0.399 e. The first kappa shape index (κ1) is 13.3. The summed E-state index contributed by atoms with van der Waals surface area (Å²) in [5, 5.41) is 12.6. The van der Waals surface area contributed by atoms with Crippen LogP contribution < -0.4 is 11.1 Å². The third-order valence-electron chi connectivity index (χ3n) is 2.81. The minimum absolute atomic E-state index is 0.564. The highest BCUT2D eigenvalue weighted by atomic mass is 35.5. The van der Waals surface area contributed by atoms with E-state index < -0.39 is 0 Å². The zero-order valence-corrected chi connectivity index (χ0v) is 11.1. The van der Waals surface area contributed by atoms with Crippen molar-refractivity contribution in [3.05, 3.63) is 58.6 Å². The zero-order chi connectivity index (χ0) is 13.7. The highest BCUT2D eigenvalue weighted by Crippen LogP contribution is 2.22. The van der Waals surface area contributed by atoms with E-state index in [9.17, 15) is 0 Å². The van der Waals surface area contributed by atoms with Gasteiger partial charge >= 0.3 is 0 Å². The van der Waals surface area contributed by atoms with Crippen molar-refractivity contribution in [3.63, 3.8) is 0 Å². The Morgan fingerprint density at radius 1 is 1.16 bits per heavy atom. The van der Waals surface area contributed by atoms with Crippen molar-refractivity contribution in [2.45, 2.75) is 6.42 Å². The van der Waals surface area contributed by atoms with Crippen molar-refractivity contribution >= 4 is 23.0 Å². The second-order valence-corrected chi connectivity index (χ2v) is 4.63. The number of halogens is 1. The van der Waals surface area contributed by atoms with E-state index in [1.807, 2.05) is 30.3 Å². The van der Waals surface area contributed by atoms with Gasteiger partial charge < -0.3 is 11.1 Å². The maximum absolute atomic E-state index is 8.76. The first-order valence-corrected chi connectivity index (χ1v) is 6.35. The van der Waals surface area contributed by atoms with E-state index in [4.69, 9.17) is 22.6 Å². The molecule has 19 heavy (non-hydrogen) atoms. The van der Waals surface area contributed by atoms with Crippen LogP contribution in [-0.2, 0) is 6.42 Å². The second kappa shape index (κ2) is 6.12. The number of nitrogens with one attached hydrogen (secondary N) is 1. The van der Waals surface area contributed by atoms with Crippen molar-refractivity contribution in [2.24, 2.45) is 0 Å². The fourth-order valence-corrected chi connectivity index (χ4v) is 2.00. The van der Waals surface area contributed by atoms with Gasteiger partial charge in [-0.15, -0.1) is 0 Å². The molecule has 0 atom stereocenters. The zero-order valence-electron chi connectivity index (χ0n) is 10.4. The Bertz CT molecular complexity index is 600. The standard InChI is InChI=1S/C15H14ClN3/c16-14-9-12(10-17)3-6-15(14)19-8-7-11-1-4-13(18)5-2-11/h1-6,9,19H,7-8,18H2. The molecule has 0 bridgehead atoms. The average molecular weight is 272 g/mol. The molecule has 0 aliphatic heterocycles. The van der Waals surface area contributed by atoms with Gasteiger partial charge in [0.15, 0.2) is 0 Å². The summed E-state index contributed by atoms with van der Waals surface area (Å²) < 4.78 is 0. The van der Waals surface area contributed by atoms with Gasteiger partial charge in [-0.05, 0) is 42.3 Å². The quantitative estimate of drug-likeness (QED) is 0.837. The first-order valence-electron chi connectivity index (χ1n) is 5.97. The molecule has 0 spiro atoms. The lowest BCUT2D eigenvalue weighted by atomic mass is 10.1. The third kappa shape index (κ3) is 3.64. The summed E-state index contributed by atoms with van der Waals surface area (Å²) in [7, 11) is 0. The molecule has 3 nitrogen and oxygen atoms in total. The molecule has 0 aromatic heterocycles. The molecule has 0 amide bonds. The van der Waals surface area contributed by atoms with Crippen molar-refractivity contribution in [1.29, 1.82) is 5.26 Å². The fourth-order valence-electron chi connectivity index (χ4n) is 1.75. The van der Waals surface area contributed by atoms with Crippen LogP contribution in [0.3, 0.4) is 0 Å². The molecule has 0 saturated heterocycles. The summed E-state index contributed by atoms with van der Waals surface area (Å²) in [6.45, 7) is 0.773. The molecule has 3 N–H and O–H groups in total. The molecule has 0 fully saturated rings. The van der Waals surface area contributed by atoms with Gasteiger partial charge in [0.2, 0.25) is 0 Å². The van der Waals surface area contributed by atoms with Gasteiger partial charge in [-0.25, -0.2) is 0 Å². The van der Waals surface area contributed by atoms with E-state index in [1.54, 1.807) is 12.1 Å². The molecule has 0 aliphatic carbocycles. The highest BCUT2D eigenvalue weighted by molar-refractivity contribution is 6.33. The topological polar surface area (TPSA) is 61.8 Å². The van der Waals surface area contributed by atoms with Gasteiger partial charge in [-0.3, -0.25) is 0 Å². The predicted molar refractivity (Wildman–Crippen MR) is 79.2 cm³/mol. The van der Waals surface area contributed by atoms with E-state index in [2.05, 4.69) is 11.4 Å². The monoisotopic (exact) mass is 271 g/mol. The van der Waals surface area contributed by atoms with Crippen LogP contribution in [0.5, 0.6) is 0 Å².